The number of guanidine groups is 1. The van der Waals surface area contributed by atoms with Crippen LogP contribution in [0.4, 0.5) is 5.69 Å². The number of benzene rings is 1. The number of carbonyl (C=O) groups is 1. The number of likely N-dealkylation sites (N-methyl/N-ethyl adjacent to an activating group) is 1. The Morgan fingerprint density at radius 3 is 2.97 bits per heavy atom. The summed E-state index contributed by atoms with van der Waals surface area (Å²) in [5.74, 6) is 6.09. The molecule has 0 saturated heterocycles. The number of aryl methyl sites for hydroxylation is 1. The fourth-order valence-electron chi connectivity index (χ4n) is 3.28. The van der Waals surface area contributed by atoms with Gasteiger partial charge < -0.3 is 20.1 Å². The number of anilines is 1. The lowest BCUT2D eigenvalue weighted by Gasteiger charge is -2.31. The molecule has 0 radical (unpaired) electrons. The van der Waals surface area contributed by atoms with Crippen LogP contribution in [-0.4, -0.2) is 41.6 Å². The molecule has 9 nitrogen and oxygen atoms in total. The van der Waals surface area contributed by atoms with E-state index >= 15 is 0 Å². The Hall–Kier alpha value is -3.04. The molecule has 0 unspecified atom stereocenters. The number of nitrogens with two attached hydrogens (primary N) is 1. The van der Waals surface area contributed by atoms with E-state index in [2.05, 4.69) is 26.0 Å². The van der Waals surface area contributed by atoms with E-state index in [0.29, 0.717) is 42.7 Å². The highest BCUT2D eigenvalue weighted by Gasteiger charge is 2.22. The number of hydrogen-bond donors (Lipinski definition) is 4. The Kier molecular flexibility index (Phi) is 7.69. The van der Waals surface area contributed by atoms with E-state index in [9.17, 15) is 4.79 Å². The molecule has 2 heterocycles. The predicted molar refractivity (Wildman–Crippen MR) is 119 cm³/mol. The number of fused-ring (bicyclic) bond motifs is 1. The first-order valence-electron chi connectivity index (χ1n) is 9.82. The molecule has 1 amide bonds. The van der Waals surface area contributed by atoms with Gasteiger partial charge in [-0.15, -0.1) is 0 Å². The summed E-state index contributed by atoms with van der Waals surface area (Å²) in [4.78, 5) is 22.9. The van der Waals surface area contributed by atoms with E-state index < -0.39 is 0 Å². The van der Waals surface area contributed by atoms with Crippen LogP contribution in [0.5, 0.6) is 0 Å². The molecule has 10 heteroatoms. The molecule has 5 N–H and O–H groups in total. The number of imidazole rings is 1. The number of hydrogen-bond acceptors (Lipinski definition) is 7. The summed E-state index contributed by atoms with van der Waals surface area (Å²) in [5, 5.41) is 6.59. The molecule has 0 saturated carbocycles. The van der Waals surface area contributed by atoms with Crippen LogP contribution in [0.2, 0.25) is 5.02 Å². The second kappa shape index (κ2) is 10.7. The normalized spacial score (nSPS) is 13.5. The van der Waals surface area contributed by atoms with E-state index in [1.807, 2.05) is 39.9 Å². The minimum absolute atomic E-state index is 0.129. The maximum Gasteiger partial charge on any atom is 0.267 e. The first-order chi connectivity index (χ1) is 14.6. The average molecular weight is 431 g/mol. The highest BCUT2D eigenvalue weighted by atomic mass is 35.5. The van der Waals surface area contributed by atoms with Crippen LogP contribution < -0.4 is 26.8 Å². The highest BCUT2D eigenvalue weighted by Crippen LogP contribution is 2.31. The first kappa shape index (κ1) is 21.7. The van der Waals surface area contributed by atoms with Crippen LogP contribution in [0, 0.1) is 0 Å². The Morgan fingerprint density at radius 2 is 2.23 bits per heavy atom. The molecule has 0 fully saturated rings. The van der Waals surface area contributed by atoms with Gasteiger partial charge in [-0.2, -0.15) is 0 Å². The monoisotopic (exact) mass is 430 g/mol. The number of nitrogens with one attached hydrogen (secondary N) is 3. The van der Waals surface area contributed by atoms with Gasteiger partial charge in [-0.05, 0) is 25.0 Å². The molecule has 1 aliphatic heterocycles. The Morgan fingerprint density at radius 1 is 1.37 bits per heavy atom. The van der Waals surface area contributed by atoms with Crippen LogP contribution in [0.1, 0.15) is 18.4 Å². The second-order valence-electron chi connectivity index (χ2n) is 6.74. The van der Waals surface area contributed by atoms with Crippen LogP contribution >= 0.6 is 11.6 Å². The number of hydrazine groups is 1. The molecule has 1 aromatic carbocycles. The molecule has 1 aliphatic rings. The van der Waals surface area contributed by atoms with Crippen LogP contribution in [0.15, 0.2) is 53.7 Å². The fourth-order valence-corrected chi connectivity index (χ4v) is 3.51. The third-order valence-electron chi connectivity index (χ3n) is 4.81. The molecule has 0 spiro atoms. The molecular weight excluding hydrogens is 404 g/mol. The summed E-state index contributed by atoms with van der Waals surface area (Å²) in [7, 11) is 1.74. The smallest absolute Gasteiger partial charge is 0.267 e. The van der Waals surface area contributed by atoms with Crippen molar-refractivity contribution in [1.29, 1.82) is 0 Å². The largest absolute Gasteiger partial charge is 0.384 e. The molecule has 0 bridgehead atoms. The third kappa shape index (κ3) is 5.31. The van der Waals surface area contributed by atoms with Crippen LogP contribution in [-0.2, 0) is 17.9 Å². The summed E-state index contributed by atoms with van der Waals surface area (Å²) in [6.45, 7) is 2.46. The van der Waals surface area contributed by atoms with E-state index in [-0.39, 0.29) is 5.91 Å². The molecule has 3 rings (SSSR count). The predicted octanol–water partition coefficient (Wildman–Crippen LogP) is 1.38. The van der Waals surface area contributed by atoms with Crippen molar-refractivity contribution in [2.75, 3.05) is 25.0 Å². The lowest BCUT2D eigenvalue weighted by atomic mass is 10.1. The van der Waals surface area contributed by atoms with Gasteiger partial charge in [0.15, 0.2) is 0 Å². The first-order valence-corrected chi connectivity index (χ1v) is 10.2. The maximum absolute atomic E-state index is 12.4. The van der Waals surface area contributed by atoms with Crippen molar-refractivity contribution < 1.29 is 4.79 Å². The molecule has 2 aromatic rings. The van der Waals surface area contributed by atoms with Gasteiger partial charge in [0, 0.05) is 49.7 Å². The number of aliphatic imine (C=N–C) groups is 1. The Bertz CT molecular complexity index is 910. The topological polar surface area (TPSA) is 113 Å². The quantitative estimate of drug-likeness (QED) is 0.207. The van der Waals surface area contributed by atoms with E-state index in [4.69, 9.17) is 17.4 Å². The molecule has 0 atom stereocenters. The molecule has 1 aromatic heterocycles. The van der Waals surface area contributed by atoms with Gasteiger partial charge in [0.1, 0.15) is 0 Å². The lowest BCUT2D eigenvalue weighted by Crippen LogP contribution is -2.47. The van der Waals surface area contributed by atoms with Crippen molar-refractivity contribution in [2.45, 2.75) is 25.9 Å². The van der Waals surface area contributed by atoms with Gasteiger partial charge in [0.2, 0.25) is 5.96 Å². The van der Waals surface area contributed by atoms with Crippen molar-refractivity contribution in [1.82, 2.24) is 25.6 Å². The summed E-state index contributed by atoms with van der Waals surface area (Å²) in [6, 6.07) is 5.74. The Labute approximate surface area is 181 Å². The summed E-state index contributed by atoms with van der Waals surface area (Å²) < 4.78 is 1.98. The van der Waals surface area contributed by atoms with Crippen molar-refractivity contribution in [3.8, 4) is 0 Å². The minimum Gasteiger partial charge on any atom is -0.384 e. The van der Waals surface area contributed by atoms with Crippen LogP contribution in [0.25, 0.3) is 0 Å². The zero-order valence-electron chi connectivity index (χ0n) is 16.9. The zero-order valence-corrected chi connectivity index (χ0v) is 17.7. The summed E-state index contributed by atoms with van der Waals surface area (Å²) in [6.07, 6.45) is 8.72. The third-order valence-corrected chi connectivity index (χ3v) is 5.16. The average Bonchev–Trinajstić information content (AvgIpc) is 3.28. The molecule has 30 heavy (non-hydrogen) atoms. The molecular formula is C20H27ClN8O. The number of nitrogens with zero attached hydrogens (tertiary/aromatic N) is 4. The van der Waals surface area contributed by atoms with E-state index in [0.717, 1.165) is 24.2 Å². The fraction of sp³-hybridized carbons (Fsp3) is 0.350. The van der Waals surface area contributed by atoms with Gasteiger partial charge in [0.25, 0.3) is 5.91 Å². The van der Waals surface area contributed by atoms with Crippen molar-refractivity contribution in [3.05, 3.63) is 59.3 Å². The highest BCUT2D eigenvalue weighted by molar-refractivity contribution is 6.32. The number of carbonyl (C=O) groups excluding carboxylic acids is 1. The van der Waals surface area contributed by atoms with Gasteiger partial charge >= 0.3 is 0 Å². The second-order valence-corrected chi connectivity index (χ2v) is 7.15. The molecule has 160 valence electrons. The zero-order chi connectivity index (χ0) is 21.3. The van der Waals surface area contributed by atoms with Crippen LogP contribution in [0.3, 0.4) is 0 Å². The number of rotatable bonds is 9. The molecule has 0 aliphatic carbocycles. The number of aromatic nitrogens is 2. The van der Waals surface area contributed by atoms with Crippen molar-refractivity contribution in [2.24, 2.45) is 10.8 Å². The van der Waals surface area contributed by atoms with E-state index in [1.165, 1.54) is 0 Å². The Balaban J connectivity index is 1.55. The summed E-state index contributed by atoms with van der Waals surface area (Å²) >= 11 is 6.31. The maximum atomic E-state index is 12.4. The van der Waals surface area contributed by atoms with Gasteiger partial charge in [0.05, 0.1) is 24.3 Å². The van der Waals surface area contributed by atoms with Crippen molar-refractivity contribution >= 4 is 29.2 Å². The van der Waals surface area contributed by atoms with Gasteiger partial charge in [-0.1, -0.05) is 23.7 Å². The number of halogens is 1. The number of amides is 1. The van der Waals surface area contributed by atoms with Gasteiger partial charge in [-0.25, -0.2) is 15.8 Å². The standard InChI is InChI=1S/C20H27ClN8O/c1-23-17(19(30)25-8-4-10-28-12-9-24-14-28)6-3-11-29-18-7-2-5-16(21)15(18)13-26-20(29)27-22/h2,5-7,9,12,14,23H,3-4,8,10-11,13,22H2,1H3,(H,25,30)(H,26,27)/b17-6-. The van der Waals surface area contributed by atoms with E-state index in [1.54, 1.807) is 19.6 Å². The van der Waals surface area contributed by atoms with Gasteiger partial charge in [-0.3, -0.25) is 10.2 Å². The SMILES string of the molecule is CN/C(=C\CCN1C(NN)=NCc2c(Cl)cccc21)C(=O)NCCCn1ccnc1. The van der Waals surface area contributed by atoms with Crippen molar-refractivity contribution in [3.63, 3.8) is 0 Å². The lowest BCUT2D eigenvalue weighted by molar-refractivity contribution is -0.117. The summed E-state index contributed by atoms with van der Waals surface area (Å²) in [5.41, 5.74) is 5.10. The minimum atomic E-state index is -0.129.